The van der Waals surface area contributed by atoms with Gasteiger partial charge in [-0.2, -0.15) is 0 Å². The molecule has 0 fully saturated rings. The van der Waals surface area contributed by atoms with Crippen molar-refractivity contribution in [2.75, 3.05) is 0 Å². The quantitative estimate of drug-likeness (QED) is 0.619. The fourth-order valence-corrected chi connectivity index (χ4v) is 3.89. The van der Waals surface area contributed by atoms with E-state index in [0.29, 0.717) is 0 Å². The number of hydrogen-bond acceptors (Lipinski definition) is 0. The molecule has 0 heterocycles. The Bertz CT molecular complexity index is 715. The number of fused-ring (bicyclic) bond motifs is 1. The van der Waals surface area contributed by atoms with Crippen molar-refractivity contribution in [2.24, 2.45) is 0 Å². The molecule has 0 N–H and O–H groups in total. The van der Waals surface area contributed by atoms with Gasteiger partial charge in [-0.05, 0) is 65.6 Å². The molecule has 0 bridgehead atoms. The van der Waals surface area contributed by atoms with Gasteiger partial charge in [-0.15, -0.1) is 0 Å². The van der Waals surface area contributed by atoms with Crippen molar-refractivity contribution in [3.05, 3.63) is 64.7 Å². The topological polar surface area (TPSA) is 0 Å². The molecule has 0 aliphatic heterocycles. The highest BCUT2D eigenvalue weighted by molar-refractivity contribution is 5.75. The standard InChI is InChI=1S/C22H26/c1-5-17-9-8-10-20(16(17)4)19-12-11-18-13-14-22(6-2,7-3)21(18)15-19/h8-15H,5-7H2,1-4H3. The van der Waals surface area contributed by atoms with Crippen LogP contribution in [0.5, 0.6) is 0 Å². The molecule has 0 atom stereocenters. The van der Waals surface area contributed by atoms with Crippen LogP contribution in [-0.2, 0) is 11.8 Å². The van der Waals surface area contributed by atoms with Gasteiger partial charge >= 0.3 is 0 Å². The monoisotopic (exact) mass is 290 g/mol. The summed E-state index contributed by atoms with van der Waals surface area (Å²) in [4.78, 5) is 0. The summed E-state index contributed by atoms with van der Waals surface area (Å²) in [5.74, 6) is 0. The number of benzene rings is 2. The van der Waals surface area contributed by atoms with Crippen LogP contribution >= 0.6 is 0 Å². The third-order valence-corrected chi connectivity index (χ3v) is 5.57. The molecule has 0 unspecified atom stereocenters. The second kappa shape index (κ2) is 5.76. The van der Waals surface area contributed by atoms with Crippen molar-refractivity contribution in [1.82, 2.24) is 0 Å². The van der Waals surface area contributed by atoms with Crippen LogP contribution in [0.3, 0.4) is 0 Å². The Morgan fingerprint density at radius 2 is 1.73 bits per heavy atom. The average Bonchev–Trinajstić information content (AvgIpc) is 2.93. The van der Waals surface area contributed by atoms with Gasteiger partial charge in [-0.25, -0.2) is 0 Å². The summed E-state index contributed by atoms with van der Waals surface area (Å²) in [6.07, 6.45) is 8.16. The van der Waals surface area contributed by atoms with E-state index < -0.39 is 0 Å². The molecule has 0 radical (unpaired) electrons. The summed E-state index contributed by atoms with van der Waals surface area (Å²) in [6, 6.07) is 13.7. The highest BCUT2D eigenvalue weighted by Crippen LogP contribution is 2.43. The fourth-order valence-electron chi connectivity index (χ4n) is 3.89. The zero-order valence-electron chi connectivity index (χ0n) is 14.2. The molecule has 2 aromatic rings. The minimum absolute atomic E-state index is 0.238. The summed E-state index contributed by atoms with van der Waals surface area (Å²) >= 11 is 0. The summed E-state index contributed by atoms with van der Waals surface area (Å²) in [5, 5.41) is 0. The maximum absolute atomic E-state index is 2.43. The average molecular weight is 290 g/mol. The molecular formula is C22H26. The van der Waals surface area contributed by atoms with Crippen LogP contribution in [0.4, 0.5) is 0 Å². The Morgan fingerprint density at radius 3 is 2.41 bits per heavy atom. The lowest BCUT2D eigenvalue weighted by Crippen LogP contribution is -2.19. The van der Waals surface area contributed by atoms with E-state index in [0.717, 1.165) is 6.42 Å². The molecule has 114 valence electrons. The first kappa shape index (κ1) is 15.1. The maximum Gasteiger partial charge on any atom is 0.0136 e. The Hall–Kier alpha value is -1.82. The second-order valence-electron chi connectivity index (χ2n) is 6.44. The molecule has 22 heavy (non-hydrogen) atoms. The first-order valence-corrected chi connectivity index (χ1v) is 8.57. The van der Waals surface area contributed by atoms with Crippen molar-refractivity contribution >= 4 is 6.08 Å². The van der Waals surface area contributed by atoms with Crippen molar-refractivity contribution in [2.45, 2.75) is 52.4 Å². The molecule has 1 aliphatic carbocycles. The van der Waals surface area contributed by atoms with Crippen LogP contribution in [0.1, 0.15) is 55.9 Å². The van der Waals surface area contributed by atoms with Gasteiger partial charge in [0, 0.05) is 5.41 Å². The van der Waals surface area contributed by atoms with Gasteiger partial charge in [-0.3, -0.25) is 0 Å². The van der Waals surface area contributed by atoms with Gasteiger partial charge in [-0.1, -0.05) is 63.3 Å². The van der Waals surface area contributed by atoms with Gasteiger partial charge < -0.3 is 0 Å². The smallest absolute Gasteiger partial charge is 0.0136 e. The van der Waals surface area contributed by atoms with E-state index in [1.807, 2.05) is 0 Å². The summed E-state index contributed by atoms with van der Waals surface area (Å²) < 4.78 is 0. The molecule has 0 saturated carbocycles. The lowest BCUT2D eigenvalue weighted by atomic mass is 9.77. The molecule has 0 heteroatoms. The number of aryl methyl sites for hydroxylation is 1. The molecule has 2 aromatic carbocycles. The lowest BCUT2D eigenvalue weighted by Gasteiger charge is -2.27. The summed E-state index contributed by atoms with van der Waals surface area (Å²) in [5.41, 5.74) is 8.77. The van der Waals surface area contributed by atoms with Crippen LogP contribution in [0.2, 0.25) is 0 Å². The van der Waals surface area contributed by atoms with Crippen molar-refractivity contribution in [3.8, 4) is 11.1 Å². The van der Waals surface area contributed by atoms with Crippen molar-refractivity contribution in [1.29, 1.82) is 0 Å². The van der Waals surface area contributed by atoms with Gasteiger partial charge in [0.25, 0.3) is 0 Å². The summed E-state index contributed by atoms with van der Waals surface area (Å²) in [7, 11) is 0. The van der Waals surface area contributed by atoms with Gasteiger partial charge in [0.1, 0.15) is 0 Å². The molecule has 0 amide bonds. The molecule has 0 spiro atoms. The zero-order valence-corrected chi connectivity index (χ0v) is 14.2. The molecule has 1 aliphatic rings. The van der Waals surface area contributed by atoms with E-state index in [2.05, 4.69) is 76.2 Å². The highest BCUT2D eigenvalue weighted by atomic mass is 14.3. The Kier molecular flexibility index (Phi) is 3.95. The van der Waals surface area contributed by atoms with E-state index >= 15 is 0 Å². The lowest BCUT2D eigenvalue weighted by molar-refractivity contribution is 0.506. The van der Waals surface area contributed by atoms with E-state index in [1.54, 1.807) is 0 Å². The first-order valence-electron chi connectivity index (χ1n) is 8.57. The third kappa shape index (κ3) is 2.22. The van der Waals surface area contributed by atoms with Crippen molar-refractivity contribution in [3.63, 3.8) is 0 Å². The third-order valence-electron chi connectivity index (χ3n) is 5.57. The van der Waals surface area contributed by atoms with Gasteiger partial charge in [0.2, 0.25) is 0 Å². The highest BCUT2D eigenvalue weighted by Gasteiger charge is 2.31. The van der Waals surface area contributed by atoms with Crippen molar-refractivity contribution < 1.29 is 0 Å². The van der Waals surface area contributed by atoms with Crippen LogP contribution in [0.15, 0.2) is 42.5 Å². The zero-order chi connectivity index (χ0) is 15.7. The van der Waals surface area contributed by atoms with Gasteiger partial charge in [0.05, 0.1) is 0 Å². The van der Waals surface area contributed by atoms with Crippen LogP contribution in [0, 0.1) is 6.92 Å². The van der Waals surface area contributed by atoms with Crippen LogP contribution in [0.25, 0.3) is 17.2 Å². The predicted octanol–water partition coefficient (Wildman–Crippen LogP) is 6.31. The SMILES string of the molecule is CCc1cccc(-c2ccc3c(c2)C(CC)(CC)C=C3)c1C. The number of rotatable bonds is 4. The number of hydrogen-bond donors (Lipinski definition) is 0. The Balaban J connectivity index is 2.13. The Labute approximate surface area is 134 Å². The van der Waals surface area contributed by atoms with Crippen LogP contribution < -0.4 is 0 Å². The fraction of sp³-hybridized carbons (Fsp3) is 0.364. The molecule has 0 nitrogen and oxygen atoms in total. The van der Waals surface area contributed by atoms with E-state index in [1.165, 1.54) is 46.2 Å². The molecule has 3 rings (SSSR count). The van der Waals surface area contributed by atoms with Crippen LogP contribution in [-0.4, -0.2) is 0 Å². The van der Waals surface area contributed by atoms with E-state index in [-0.39, 0.29) is 5.41 Å². The predicted molar refractivity (Wildman–Crippen MR) is 97.3 cm³/mol. The minimum atomic E-state index is 0.238. The summed E-state index contributed by atoms with van der Waals surface area (Å²) in [6.45, 7) is 9.10. The first-order chi connectivity index (χ1) is 10.6. The second-order valence-corrected chi connectivity index (χ2v) is 6.44. The normalized spacial score (nSPS) is 15.1. The van der Waals surface area contributed by atoms with Gasteiger partial charge in [0.15, 0.2) is 0 Å². The largest absolute Gasteiger partial charge is 0.0733 e. The molecule has 0 aromatic heterocycles. The van der Waals surface area contributed by atoms with E-state index in [4.69, 9.17) is 0 Å². The Morgan fingerprint density at radius 1 is 0.955 bits per heavy atom. The maximum atomic E-state index is 2.43. The minimum Gasteiger partial charge on any atom is -0.0733 e. The van der Waals surface area contributed by atoms with E-state index in [9.17, 15) is 0 Å². The molecule has 0 saturated heterocycles. The molecular weight excluding hydrogens is 264 g/mol. The number of allylic oxidation sites excluding steroid dienone is 1.